The molecule has 0 saturated carbocycles. The number of hydrogen-bond acceptors (Lipinski definition) is 5. The van der Waals surface area contributed by atoms with Crippen LogP contribution >= 0.6 is 0 Å². The van der Waals surface area contributed by atoms with Crippen molar-refractivity contribution in [3.63, 3.8) is 0 Å². The summed E-state index contributed by atoms with van der Waals surface area (Å²) < 4.78 is 32.6. The highest BCUT2D eigenvalue weighted by Gasteiger charge is 2.32. The van der Waals surface area contributed by atoms with Crippen LogP contribution in [-0.4, -0.2) is 55.3 Å². The standard InChI is InChI=1S/C13H24N4O3S/c1-10-13(11(2)16-15-10)21(18,19)17-7-4-12(5-8-17)20-9-3-6-14/h12H,3-9,14H2,1-2H3,(H,15,16). The van der Waals surface area contributed by atoms with Gasteiger partial charge in [0.25, 0.3) is 0 Å². The number of hydrogen-bond donors (Lipinski definition) is 2. The van der Waals surface area contributed by atoms with Crippen molar-refractivity contribution < 1.29 is 13.2 Å². The molecule has 1 aliphatic heterocycles. The zero-order valence-corrected chi connectivity index (χ0v) is 13.4. The van der Waals surface area contributed by atoms with Crippen LogP contribution in [0.5, 0.6) is 0 Å². The molecule has 2 heterocycles. The predicted molar refractivity (Wildman–Crippen MR) is 79.5 cm³/mol. The van der Waals surface area contributed by atoms with Gasteiger partial charge in [0.15, 0.2) is 0 Å². The number of nitrogens with one attached hydrogen (secondary N) is 1. The first kappa shape index (κ1) is 16.4. The summed E-state index contributed by atoms with van der Waals surface area (Å²) in [6.45, 7) is 5.67. The number of sulfonamides is 1. The Morgan fingerprint density at radius 2 is 2.05 bits per heavy atom. The van der Waals surface area contributed by atoms with E-state index in [-0.39, 0.29) is 6.10 Å². The first-order valence-electron chi connectivity index (χ1n) is 7.30. The zero-order valence-electron chi connectivity index (χ0n) is 12.6. The number of aromatic nitrogens is 2. The van der Waals surface area contributed by atoms with Crippen molar-refractivity contribution in [2.24, 2.45) is 5.73 Å². The second-order valence-electron chi connectivity index (χ2n) is 5.38. The van der Waals surface area contributed by atoms with Gasteiger partial charge in [-0.15, -0.1) is 0 Å². The van der Waals surface area contributed by atoms with Gasteiger partial charge in [-0.3, -0.25) is 5.10 Å². The molecule has 120 valence electrons. The molecule has 2 rings (SSSR count). The van der Waals surface area contributed by atoms with E-state index in [9.17, 15) is 8.42 Å². The highest BCUT2D eigenvalue weighted by molar-refractivity contribution is 7.89. The Morgan fingerprint density at radius 1 is 1.38 bits per heavy atom. The first-order valence-corrected chi connectivity index (χ1v) is 8.74. The van der Waals surface area contributed by atoms with Gasteiger partial charge in [0, 0.05) is 19.7 Å². The van der Waals surface area contributed by atoms with E-state index in [2.05, 4.69) is 10.2 Å². The summed E-state index contributed by atoms with van der Waals surface area (Å²) in [5.41, 5.74) is 6.54. The third-order valence-corrected chi connectivity index (χ3v) is 5.92. The van der Waals surface area contributed by atoms with Crippen LogP contribution in [0.1, 0.15) is 30.7 Å². The largest absolute Gasteiger partial charge is 0.378 e. The smallest absolute Gasteiger partial charge is 0.246 e. The molecule has 3 N–H and O–H groups in total. The number of nitrogens with zero attached hydrogens (tertiary/aromatic N) is 2. The summed E-state index contributed by atoms with van der Waals surface area (Å²) in [4.78, 5) is 0.310. The van der Waals surface area contributed by atoms with Crippen LogP contribution < -0.4 is 5.73 Å². The lowest BCUT2D eigenvalue weighted by Crippen LogP contribution is -2.41. The Balaban J connectivity index is 1.98. The lowest BCUT2D eigenvalue weighted by molar-refractivity contribution is 0.0209. The quantitative estimate of drug-likeness (QED) is 0.746. The van der Waals surface area contributed by atoms with Crippen molar-refractivity contribution >= 4 is 10.0 Å². The van der Waals surface area contributed by atoms with Crippen molar-refractivity contribution in [3.8, 4) is 0 Å². The molecular weight excluding hydrogens is 292 g/mol. The number of H-pyrrole nitrogens is 1. The van der Waals surface area contributed by atoms with Gasteiger partial charge in [-0.2, -0.15) is 9.40 Å². The maximum atomic E-state index is 12.7. The fourth-order valence-corrected chi connectivity index (χ4v) is 4.42. The molecular formula is C13H24N4O3S. The van der Waals surface area contributed by atoms with Crippen LogP contribution in [0.25, 0.3) is 0 Å². The van der Waals surface area contributed by atoms with Crippen LogP contribution in [0, 0.1) is 13.8 Å². The number of aryl methyl sites for hydroxylation is 2. The second-order valence-corrected chi connectivity index (χ2v) is 7.25. The molecule has 1 aromatic rings. The number of piperidine rings is 1. The van der Waals surface area contributed by atoms with Crippen LogP contribution in [0.3, 0.4) is 0 Å². The maximum absolute atomic E-state index is 12.7. The highest BCUT2D eigenvalue weighted by Crippen LogP contribution is 2.25. The number of rotatable bonds is 6. The molecule has 0 aliphatic carbocycles. The molecule has 7 nitrogen and oxygen atoms in total. The van der Waals surface area contributed by atoms with Crippen molar-refractivity contribution in [3.05, 3.63) is 11.4 Å². The van der Waals surface area contributed by atoms with Gasteiger partial charge in [0.05, 0.1) is 17.5 Å². The minimum absolute atomic E-state index is 0.134. The topological polar surface area (TPSA) is 101 Å². The van der Waals surface area contributed by atoms with E-state index in [1.165, 1.54) is 4.31 Å². The van der Waals surface area contributed by atoms with Gasteiger partial charge in [-0.1, -0.05) is 0 Å². The molecule has 0 amide bonds. The molecule has 0 spiro atoms. The normalized spacial score (nSPS) is 18.2. The van der Waals surface area contributed by atoms with Crippen molar-refractivity contribution in [1.29, 1.82) is 0 Å². The van der Waals surface area contributed by atoms with E-state index in [0.29, 0.717) is 42.5 Å². The molecule has 0 radical (unpaired) electrons. The van der Waals surface area contributed by atoms with Gasteiger partial charge in [-0.25, -0.2) is 8.42 Å². The predicted octanol–water partition coefficient (Wildman–Crippen LogP) is 0.545. The third-order valence-electron chi connectivity index (χ3n) is 3.76. The SMILES string of the molecule is Cc1n[nH]c(C)c1S(=O)(=O)N1CCC(OCCCN)CC1. The van der Waals surface area contributed by atoms with Crippen LogP contribution in [-0.2, 0) is 14.8 Å². The molecule has 8 heteroatoms. The summed E-state index contributed by atoms with van der Waals surface area (Å²) >= 11 is 0. The van der Waals surface area contributed by atoms with E-state index >= 15 is 0 Å². The maximum Gasteiger partial charge on any atom is 0.246 e. The fraction of sp³-hybridized carbons (Fsp3) is 0.769. The molecule has 0 atom stereocenters. The summed E-state index contributed by atoms with van der Waals surface area (Å²) in [6.07, 6.45) is 2.42. The Kier molecular flexibility index (Phi) is 5.37. The Labute approximate surface area is 125 Å². The monoisotopic (exact) mass is 316 g/mol. The van der Waals surface area contributed by atoms with E-state index in [1.807, 2.05) is 0 Å². The Morgan fingerprint density at radius 3 is 2.57 bits per heavy atom. The average molecular weight is 316 g/mol. The number of ether oxygens (including phenoxy) is 1. The Bertz CT molecular complexity index is 542. The van der Waals surface area contributed by atoms with Crippen molar-refractivity contribution in [2.45, 2.75) is 44.1 Å². The van der Waals surface area contributed by atoms with E-state index < -0.39 is 10.0 Å². The molecule has 1 aliphatic rings. The number of aromatic amines is 1. The Hall–Kier alpha value is -0.960. The molecule has 1 fully saturated rings. The first-order chi connectivity index (χ1) is 9.96. The van der Waals surface area contributed by atoms with Crippen LogP contribution in [0.15, 0.2) is 4.90 Å². The number of nitrogens with two attached hydrogens (primary N) is 1. The van der Waals surface area contributed by atoms with Gasteiger partial charge < -0.3 is 10.5 Å². The van der Waals surface area contributed by atoms with Gasteiger partial charge in [0.2, 0.25) is 10.0 Å². The minimum Gasteiger partial charge on any atom is -0.378 e. The zero-order chi connectivity index (χ0) is 15.5. The molecule has 1 aromatic heterocycles. The molecule has 0 unspecified atom stereocenters. The van der Waals surface area contributed by atoms with Gasteiger partial charge >= 0.3 is 0 Å². The molecule has 0 bridgehead atoms. The molecule has 0 aromatic carbocycles. The lowest BCUT2D eigenvalue weighted by atomic mass is 10.1. The second kappa shape index (κ2) is 6.87. The van der Waals surface area contributed by atoms with Crippen LogP contribution in [0.2, 0.25) is 0 Å². The summed E-state index contributed by atoms with van der Waals surface area (Å²) in [6, 6.07) is 0. The molecule has 21 heavy (non-hydrogen) atoms. The molecule has 1 saturated heterocycles. The van der Waals surface area contributed by atoms with E-state index in [4.69, 9.17) is 10.5 Å². The summed E-state index contributed by atoms with van der Waals surface area (Å²) in [5, 5.41) is 6.71. The average Bonchev–Trinajstić information content (AvgIpc) is 2.79. The van der Waals surface area contributed by atoms with Gasteiger partial charge in [-0.05, 0) is 39.7 Å². The van der Waals surface area contributed by atoms with E-state index in [1.54, 1.807) is 13.8 Å². The van der Waals surface area contributed by atoms with Gasteiger partial charge in [0.1, 0.15) is 4.90 Å². The van der Waals surface area contributed by atoms with Crippen molar-refractivity contribution in [2.75, 3.05) is 26.2 Å². The lowest BCUT2D eigenvalue weighted by Gasteiger charge is -2.31. The minimum atomic E-state index is -3.46. The van der Waals surface area contributed by atoms with Crippen LogP contribution in [0.4, 0.5) is 0 Å². The third kappa shape index (κ3) is 3.63. The van der Waals surface area contributed by atoms with E-state index in [0.717, 1.165) is 19.3 Å². The summed E-state index contributed by atoms with van der Waals surface area (Å²) in [7, 11) is -3.46. The van der Waals surface area contributed by atoms with Crippen molar-refractivity contribution in [1.82, 2.24) is 14.5 Å². The fourth-order valence-electron chi connectivity index (χ4n) is 2.62. The summed E-state index contributed by atoms with van der Waals surface area (Å²) in [5.74, 6) is 0. The highest BCUT2D eigenvalue weighted by atomic mass is 32.2.